The van der Waals surface area contributed by atoms with Crippen LogP contribution in [0.25, 0.3) is 0 Å². The van der Waals surface area contributed by atoms with Gasteiger partial charge in [0.25, 0.3) is 0 Å². The maximum absolute atomic E-state index is 13.6. The number of rotatable bonds is 5. The molecular formula is C25H31N3O3. The molecule has 0 radical (unpaired) electrons. The van der Waals surface area contributed by atoms with Crippen molar-refractivity contribution in [2.75, 3.05) is 32.0 Å². The number of aryl methyl sites for hydroxylation is 1. The summed E-state index contributed by atoms with van der Waals surface area (Å²) in [5.41, 5.74) is 3.08. The second kappa shape index (κ2) is 9.33. The van der Waals surface area contributed by atoms with Crippen LogP contribution in [0, 0.1) is 13.8 Å². The first-order chi connectivity index (χ1) is 14.7. The van der Waals surface area contributed by atoms with Crippen molar-refractivity contribution in [1.29, 1.82) is 0 Å². The summed E-state index contributed by atoms with van der Waals surface area (Å²) in [5.74, 6) is -0.290. The number of likely N-dealkylation sites (tertiary alicyclic amines) is 1. The van der Waals surface area contributed by atoms with Crippen molar-refractivity contribution in [2.45, 2.75) is 39.0 Å². The van der Waals surface area contributed by atoms with Crippen molar-refractivity contribution in [3.8, 4) is 0 Å². The minimum absolute atomic E-state index is 0.0235. The average molecular weight is 422 g/mol. The highest BCUT2D eigenvalue weighted by Crippen LogP contribution is 2.37. The van der Waals surface area contributed by atoms with Gasteiger partial charge in [-0.3, -0.25) is 14.4 Å². The number of hydrogen-bond donors (Lipinski definition) is 1. The average Bonchev–Trinajstić information content (AvgIpc) is 2.77. The van der Waals surface area contributed by atoms with E-state index in [2.05, 4.69) is 5.32 Å². The molecule has 0 saturated carbocycles. The van der Waals surface area contributed by atoms with Crippen LogP contribution in [0.4, 0.5) is 5.69 Å². The SMILES string of the molecule is CC(=O)N1CCC(C(=O)N(C)CC(=O)Nc2cccc(C)c2C)(c2ccccc2)CC1. The van der Waals surface area contributed by atoms with E-state index >= 15 is 0 Å². The summed E-state index contributed by atoms with van der Waals surface area (Å²) in [6.07, 6.45) is 1.08. The fourth-order valence-corrected chi connectivity index (χ4v) is 4.32. The Morgan fingerprint density at radius 3 is 2.26 bits per heavy atom. The molecule has 0 bridgehead atoms. The molecule has 1 heterocycles. The second-order valence-corrected chi connectivity index (χ2v) is 8.41. The van der Waals surface area contributed by atoms with Gasteiger partial charge in [0.2, 0.25) is 17.7 Å². The summed E-state index contributed by atoms with van der Waals surface area (Å²) in [4.78, 5) is 41.4. The highest BCUT2D eigenvalue weighted by Gasteiger charge is 2.45. The molecule has 0 spiro atoms. The molecule has 1 saturated heterocycles. The van der Waals surface area contributed by atoms with Gasteiger partial charge in [-0.2, -0.15) is 0 Å². The zero-order valence-electron chi connectivity index (χ0n) is 18.8. The van der Waals surface area contributed by atoms with E-state index < -0.39 is 5.41 Å². The molecule has 31 heavy (non-hydrogen) atoms. The van der Waals surface area contributed by atoms with Gasteiger partial charge in [-0.25, -0.2) is 0 Å². The lowest BCUT2D eigenvalue weighted by Gasteiger charge is -2.42. The van der Waals surface area contributed by atoms with Crippen LogP contribution in [-0.2, 0) is 19.8 Å². The van der Waals surface area contributed by atoms with Crippen LogP contribution in [0.5, 0.6) is 0 Å². The Kier molecular flexibility index (Phi) is 6.78. The number of carbonyl (C=O) groups is 3. The van der Waals surface area contributed by atoms with Crippen LogP contribution in [0.3, 0.4) is 0 Å². The number of amides is 3. The Morgan fingerprint density at radius 2 is 1.65 bits per heavy atom. The van der Waals surface area contributed by atoms with Gasteiger partial charge in [-0.15, -0.1) is 0 Å². The van der Waals surface area contributed by atoms with Crippen LogP contribution >= 0.6 is 0 Å². The molecule has 6 heteroatoms. The van der Waals surface area contributed by atoms with E-state index in [1.165, 1.54) is 4.90 Å². The summed E-state index contributed by atoms with van der Waals surface area (Å²) in [7, 11) is 1.67. The lowest BCUT2D eigenvalue weighted by Crippen LogP contribution is -2.53. The first kappa shape index (κ1) is 22.5. The van der Waals surface area contributed by atoms with Crippen molar-refractivity contribution in [3.05, 3.63) is 65.2 Å². The number of likely N-dealkylation sites (N-methyl/N-ethyl adjacent to an activating group) is 1. The number of piperidine rings is 1. The lowest BCUT2D eigenvalue weighted by atomic mass is 9.71. The molecule has 1 N–H and O–H groups in total. The maximum Gasteiger partial charge on any atom is 0.243 e. The smallest absolute Gasteiger partial charge is 0.243 e. The Bertz CT molecular complexity index is 963. The molecule has 3 amide bonds. The quantitative estimate of drug-likeness (QED) is 0.806. The van der Waals surface area contributed by atoms with Gasteiger partial charge in [0.1, 0.15) is 0 Å². The molecule has 1 aliphatic rings. The standard InChI is InChI=1S/C25H31N3O3/c1-18-9-8-12-22(19(18)2)26-23(30)17-27(4)24(31)25(21-10-6-5-7-11-21)13-15-28(16-14-25)20(3)29/h5-12H,13-17H2,1-4H3,(H,26,30). The van der Waals surface area contributed by atoms with Crippen LogP contribution in [0.2, 0.25) is 0 Å². The zero-order chi connectivity index (χ0) is 22.6. The van der Waals surface area contributed by atoms with Crippen molar-refractivity contribution in [2.24, 2.45) is 0 Å². The van der Waals surface area contributed by atoms with E-state index in [1.807, 2.05) is 62.4 Å². The molecule has 6 nitrogen and oxygen atoms in total. The molecule has 0 atom stereocenters. The van der Waals surface area contributed by atoms with E-state index in [4.69, 9.17) is 0 Å². The molecule has 0 aliphatic carbocycles. The van der Waals surface area contributed by atoms with E-state index in [-0.39, 0.29) is 24.3 Å². The number of anilines is 1. The maximum atomic E-state index is 13.6. The second-order valence-electron chi connectivity index (χ2n) is 8.41. The molecule has 164 valence electrons. The fourth-order valence-electron chi connectivity index (χ4n) is 4.32. The van der Waals surface area contributed by atoms with Crippen molar-refractivity contribution in [1.82, 2.24) is 9.80 Å². The summed E-state index contributed by atoms with van der Waals surface area (Å²) < 4.78 is 0. The Morgan fingerprint density at radius 1 is 1.00 bits per heavy atom. The van der Waals surface area contributed by atoms with E-state index in [9.17, 15) is 14.4 Å². The first-order valence-corrected chi connectivity index (χ1v) is 10.7. The summed E-state index contributed by atoms with van der Waals surface area (Å²) in [6.45, 7) is 6.54. The predicted octanol–water partition coefficient (Wildman–Crippen LogP) is 3.28. The zero-order valence-corrected chi connectivity index (χ0v) is 18.8. The molecule has 0 unspecified atom stereocenters. The minimum atomic E-state index is -0.735. The monoisotopic (exact) mass is 421 g/mol. The van der Waals surface area contributed by atoms with Crippen LogP contribution in [0.1, 0.15) is 36.5 Å². The molecule has 2 aromatic carbocycles. The van der Waals surface area contributed by atoms with Crippen molar-refractivity contribution >= 4 is 23.4 Å². The fraction of sp³-hybridized carbons (Fsp3) is 0.400. The number of carbonyl (C=O) groups excluding carboxylic acids is 3. The predicted molar refractivity (Wildman–Crippen MR) is 122 cm³/mol. The van der Waals surface area contributed by atoms with Gasteiger partial charge < -0.3 is 15.1 Å². The summed E-state index contributed by atoms with van der Waals surface area (Å²) in [6, 6.07) is 15.5. The summed E-state index contributed by atoms with van der Waals surface area (Å²) >= 11 is 0. The van der Waals surface area contributed by atoms with Gasteiger partial charge in [-0.1, -0.05) is 42.5 Å². The van der Waals surface area contributed by atoms with Crippen LogP contribution < -0.4 is 5.32 Å². The Hall–Kier alpha value is -3.15. The molecule has 1 aliphatic heterocycles. The van der Waals surface area contributed by atoms with Crippen molar-refractivity contribution < 1.29 is 14.4 Å². The number of nitrogens with zero attached hydrogens (tertiary/aromatic N) is 2. The highest BCUT2D eigenvalue weighted by atomic mass is 16.2. The Labute approximate surface area is 184 Å². The third-order valence-corrected chi connectivity index (χ3v) is 6.40. The normalized spacial score (nSPS) is 15.3. The van der Waals surface area contributed by atoms with Gasteiger partial charge in [-0.05, 0) is 49.4 Å². The molecule has 0 aromatic heterocycles. The molecular weight excluding hydrogens is 390 g/mol. The Balaban J connectivity index is 1.77. The number of nitrogens with one attached hydrogen (secondary N) is 1. The van der Waals surface area contributed by atoms with Gasteiger partial charge >= 0.3 is 0 Å². The highest BCUT2D eigenvalue weighted by molar-refractivity contribution is 5.97. The first-order valence-electron chi connectivity index (χ1n) is 10.7. The molecule has 3 rings (SSSR count). The van der Waals surface area contributed by atoms with E-state index in [1.54, 1.807) is 18.9 Å². The number of hydrogen-bond acceptors (Lipinski definition) is 3. The van der Waals surface area contributed by atoms with Crippen molar-refractivity contribution in [3.63, 3.8) is 0 Å². The largest absolute Gasteiger partial charge is 0.343 e. The van der Waals surface area contributed by atoms with Crippen LogP contribution in [0.15, 0.2) is 48.5 Å². The third-order valence-electron chi connectivity index (χ3n) is 6.40. The lowest BCUT2D eigenvalue weighted by molar-refractivity contribution is -0.142. The summed E-state index contributed by atoms with van der Waals surface area (Å²) in [5, 5.41) is 2.93. The van der Waals surface area contributed by atoms with Gasteiger partial charge in [0.15, 0.2) is 0 Å². The van der Waals surface area contributed by atoms with Gasteiger partial charge in [0.05, 0.1) is 12.0 Å². The number of benzene rings is 2. The van der Waals surface area contributed by atoms with E-state index in [0.29, 0.717) is 25.9 Å². The minimum Gasteiger partial charge on any atom is -0.343 e. The van der Waals surface area contributed by atoms with Crippen LogP contribution in [-0.4, -0.2) is 54.2 Å². The third kappa shape index (κ3) is 4.79. The molecule has 2 aromatic rings. The van der Waals surface area contributed by atoms with E-state index in [0.717, 1.165) is 22.4 Å². The molecule has 1 fully saturated rings. The van der Waals surface area contributed by atoms with Gasteiger partial charge in [0, 0.05) is 32.7 Å². The topological polar surface area (TPSA) is 69.7 Å².